The van der Waals surface area contributed by atoms with Crippen molar-refractivity contribution in [2.45, 2.75) is 40.3 Å². The van der Waals surface area contributed by atoms with E-state index in [1.54, 1.807) is 36.1 Å². The van der Waals surface area contributed by atoms with Gasteiger partial charge in [-0.25, -0.2) is 0 Å². The molecular formula is C23H29ClN2O3. The molecule has 0 aliphatic rings. The average molecular weight is 417 g/mol. The average Bonchev–Trinajstić information content (AvgIpc) is 2.69. The fraction of sp³-hybridized carbons (Fsp3) is 0.391. The summed E-state index contributed by atoms with van der Waals surface area (Å²) in [4.78, 5) is 27.2. The van der Waals surface area contributed by atoms with Crippen LogP contribution in [0.3, 0.4) is 0 Å². The number of halogens is 1. The maximum absolute atomic E-state index is 13.0. The molecule has 156 valence electrons. The predicted octanol–water partition coefficient (Wildman–Crippen LogP) is 4.22. The third kappa shape index (κ3) is 7.09. The zero-order valence-electron chi connectivity index (χ0n) is 17.4. The molecule has 6 heteroatoms. The fourth-order valence-corrected chi connectivity index (χ4v) is 2.97. The van der Waals surface area contributed by atoms with Crippen LogP contribution in [0.25, 0.3) is 0 Å². The van der Waals surface area contributed by atoms with Crippen LogP contribution in [0.5, 0.6) is 5.75 Å². The molecule has 2 aromatic rings. The van der Waals surface area contributed by atoms with Gasteiger partial charge in [-0.15, -0.1) is 0 Å². The number of benzene rings is 2. The number of hydrogen-bond donors (Lipinski definition) is 1. The van der Waals surface area contributed by atoms with E-state index in [-0.39, 0.29) is 18.4 Å². The molecule has 0 fully saturated rings. The minimum Gasteiger partial charge on any atom is -0.484 e. The Morgan fingerprint density at radius 1 is 1.10 bits per heavy atom. The lowest BCUT2D eigenvalue weighted by Crippen LogP contribution is -2.49. The highest BCUT2D eigenvalue weighted by molar-refractivity contribution is 6.30. The Bertz CT molecular complexity index is 838. The van der Waals surface area contributed by atoms with Crippen molar-refractivity contribution in [1.29, 1.82) is 0 Å². The van der Waals surface area contributed by atoms with Gasteiger partial charge in [0.05, 0.1) is 0 Å². The van der Waals surface area contributed by atoms with E-state index in [9.17, 15) is 9.59 Å². The van der Waals surface area contributed by atoms with Crippen molar-refractivity contribution in [3.63, 3.8) is 0 Å². The van der Waals surface area contributed by atoms with Gasteiger partial charge in [0.15, 0.2) is 6.61 Å². The SMILES string of the molecule is Cc1ccccc1CN(C(=O)COc1cccc(Cl)c1)[C@H](C)C(=O)NCC(C)C. The molecule has 0 saturated heterocycles. The first kappa shape index (κ1) is 22.8. The molecule has 1 atom stereocenters. The third-order valence-electron chi connectivity index (χ3n) is 4.61. The highest BCUT2D eigenvalue weighted by Gasteiger charge is 2.27. The Morgan fingerprint density at radius 3 is 2.48 bits per heavy atom. The van der Waals surface area contributed by atoms with Crippen LogP contribution in [0.15, 0.2) is 48.5 Å². The van der Waals surface area contributed by atoms with Crippen LogP contribution in [0.2, 0.25) is 5.02 Å². The van der Waals surface area contributed by atoms with Gasteiger partial charge in [-0.1, -0.05) is 55.8 Å². The summed E-state index contributed by atoms with van der Waals surface area (Å²) in [5, 5.41) is 3.44. The second kappa shape index (κ2) is 10.9. The van der Waals surface area contributed by atoms with Gasteiger partial charge in [-0.2, -0.15) is 0 Å². The van der Waals surface area contributed by atoms with Gasteiger partial charge in [0.1, 0.15) is 11.8 Å². The van der Waals surface area contributed by atoms with Crippen molar-refractivity contribution in [2.75, 3.05) is 13.2 Å². The first-order valence-corrected chi connectivity index (χ1v) is 10.2. The van der Waals surface area contributed by atoms with E-state index >= 15 is 0 Å². The van der Waals surface area contributed by atoms with Gasteiger partial charge in [0.2, 0.25) is 5.91 Å². The van der Waals surface area contributed by atoms with Crippen LogP contribution in [0.4, 0.5) is 0 Å². The van der Waals surface area contributed by atoms with E-state index in [0.717, 1.165) is 11.1 Å². The van der Waals surface area contributed by atoms with E-state index < -0.39 is 6.04 Å². The summed E-state index contributed by atoms with van der Waals surface area (Å²) in [7, 11) is 0. The first-order chi connectivity index (χ1) is 13.8. The molecule has 29 heavy (non-hydrogen) atoms. The van der Waals surface area contributed by atoms with E-state index in [4.69, 9.17) is 16.3 Å². The molecule has 2 rings (SSSR count). The largest absolute Gasteiger partial charge is 0.484 e. The summed E-state index contributed by atoms with van der Waals surface area (Å²) in [5.41, 5.74) is 2.06. The molecule has 0 radical (unpaired) electrons. The van der Waals surface area contributed by atoms with Crippen molar-refractivity contribution in [3.8, 4) is 5.75 Å². The molecule has 0 saturated carbocycles. The van der Waals surface area contributed by atoms with Crippen LogP contribution in [0.1, 0.15) is 31.9 Å². The highest BCUT2D eigenvalue weighted by Crippen LogP contribution is 2.18. The quantitative estimate of drug-likeness (QED) is 0.665. The summed E-state index contributed by atoms with van der Waals surface area (Å²) in [6, 6.07) is 14.1. The lowest BCUT2D eigenvalue weighted by atomic mass is 10.1. The number of carbonyl (C=O) groups is 2. The standard InChI is InChI=1S/C23H29ClN2O3/c1-16(2)13-25-23(28)18(4)26(14-19-9-6-5-8-17(19)3)22(27)15-29-21-11-7-10-20(24)12-21/h5-12,16,18H,13-15H2,1-4H3,(H,25,28)/t18-/m1/s1. The number of aryl methyl sites for hydroxylation is 1. The van der Waals surface area contributed by atoms with Crippen molar-refractivity contribution in [3.05, 3.63) is 64.7 Å². The zero-order valence-corrected chi connectivity index (χ0v) is 18.2. The molecule has 0 bridgehead atoms. The van der Waals surface area contributed by atoms with Gasteiger partial charge < -0.3 is 15.0 Å². The number of rotatable bonds is 9. The van der Waals surface area contributed by atoms with Gasteiger partial charge in [0, 0.05) is 18.1 Å². The normalized spacial score (nSPS) is 11.8. The zero-order chi connectivity index (χ0) is 21.4. The second-order valence-corrected chi connectivity index (χ2v) is 7.95. The maximum atomic E-state index is 13.0. The molecule has 0 aromatic heterocycles. The number of amides is 2. The predicted molar refractivity (Wildman–Crippen MR) is 116 cm³/mol. The molecular weight excluding hydrogens is 388 g/mol. The molecule has 2 amide bonds. The molecule has 0 unspecified atom stereocenters. The van der Waals surface area contributed by atoms with Crippen LogP contribution < -0.4 is 10.1 Å². The Hall–Kier alpha value is -2.53. The summed E-state index contributed by atoms with van der Waals surface area (Å²) in [6.45, 7) is 8.51. The third-order valence-corrected chi connectivity index (χ3v) is 4.85. The van der Waals surface area contributed by atoms with Crippen molar-refractivity contribution < 1.29 is 14.3 Å². The molecule has 2 aromatic carbocycles. The lowest BCUT2D eigenvalue weighted by molar-refractivity contribution is -0.142. The first-order valence-electron chi connectivity index (χ1n) is 9.78. The van der Waals surface area contributed by atoms with Gasteiger partial charge >= 0.3 is 0 Å². The van der Waals surface area contributed by atoms with Crippen LogP contribution in [-0.2, 0) is 16.1 Å². The molecule has 5 nitrogen and oxygen atoms in total. The Labute approximate surface area is 178 Å². The summed E-state index contributed by atoms with van der Waals surface area (Å²) in [5.74, 6) is 0.403. The summed E-state index contributed by atoms with van der Waals surface area (Å²) >= 11 is 5.97. The number of nitrogens with zero attached hydrogens (tertiary/aromatic N) is 1. The van der Waals surface area contributed by atoms with Crippen molar-refractivity contribution >= 4 is 23.4 Å². The van der Waals surface area contributed by atoms with Gasteiger partial charge in [0.25, 0.3) is 5.91 Å². The Kier molecular flexibility index (Phi) is 8.52. The van der Waals surface area contributed by atoms with Crippen molar-refractivity contribution in [2.24, 2.45) is 5.92 Å². The Balaban J connectivity index is 2.14. The van der Waals surface area contributed by atoms with Crippen LogP contribution in [-0.4, -0.2) is 35.9 Å². The number of ether oxygens (including phenoxy) is 1. The number of carbonyl (C=O) groups excluding carboxylic acids is 2. The highest BCUT2D eigenvalue weighted by atomic mass is 35.5. The molecule has 0 aliphatic carbocycles. The van der Waals surface area contributed by atoms with Gasteiger partial charge in [-0.3, -0.25) is 9.59 Å². The van der Waals surface area contributed by atoms with Crippen LogP contribution in [0, 0.1) is 12.8 Å². The maximum Gasteiger partial charge on any atom is 0.261 e. The Morgan fingerprint density at radius 2 is 1.83 bits per heavy atom. The summed E-state index contributed by atoms with van der Waals surface area (Å²) < 4.78 is 5.62. The summed E-state index contributed by atoms with van der Waals surface area (Å²) in [6.07, 6.45) is 0. The van der Waals surface area contributed by atoms with Crippen LogP contribution >= 0.6 is 11.6 Å². The van der Waals surface area contributed by atoms with E-state index in [2.05, 4.69) is 5.32 Å². The van der Waals surface area contributed by atoms with Crippen molar-refractivity contribution in [1.82, 2.24) is 10.2 Å². The second-order valence-electron chi connectivity index (χ2n) is 7.51. The number of nitrogens with one attached hydrogen (secondary N) is 1. The van der Waals surface area contributed by atoms with E-state index in [0.29, 0.717) is 29.8 Å². The minimum absolute atomic E-state index is 0.173. The fourth-order valence-electron chi connectivity index (χ4n) is 2.79. The molecule has 0 heterocycles. The van der Waals surface area contributed by atoms with E-state index in [1.807, 2.05) is 45.0 Å². The number of hydrogen-bond acceptors (Lipinski definition) is 3. The van der Waals surface area contributed by atoms with E-state index in [1.165, 1.54) is 0 Å². The van der Waals surface area contributed by atoms with Gasteiger partial charge in [-0.05, 0) is 49.1 Å². The monoisotopic (exact) mass is 416 g/mol. The molecule has 0 spiro atoms. The topological polar surface area (TPSA) is 58.6 Å². The minimum atomic E-state index is -0.621. The molecule has 0 aliphatic heterocycles. The lowest BCUT2D eigenvalue weighted by Gasteiger charge is -2.29. The smallest absolute Gasteiger partial charge is 0.261 e. The molecule has 1 N–H and O–H groups in total.